The van der Waals surface area contributed by atoms with E-state index in [1.807, 2.05) is 31.2 Å². The van der Waals surface area contributed by atoms with Crippen LogP contribution in [-0.2, 0) is 0 Å². The van der Waals surface area contributed by atoms with Crippen LogP contribution in [0.2, 0.25) is 0 Å². The van der Waals surface area contributed by atoms with Crippen LogP contribution < -0.4 is 5.32 Å². The maximum absolute atomic E-state index is 4.50. The molecule has 1 unspecified atom stereocenters. The van der Waals surface area contributed by atoms with E-state index in [4.69, 9.17) is 0 Å². The van der Waals surface area contributed by atoms with Crippen molar-refractivity contribution in [3.8, 4) is 5.69 Å². The Bertz CT molecular complexity index is 672. The van der Waals surface area contributed by atoms with Gasteiger partial charge in [0.2, 0.25) is 0 Å². The molecule has 0 saturated heterocycles. The summed E-state index contributed by atoms with van der Waals surface area (Å²) in [6.07, 6.45) is 3.21. The van der Waals surface area contributed by atoms with E-state index >= 15 is 0 Å². The SMILES string of the molecule is Cc1nc(C(C)Nc2ccc(-n3cncn3)cc2)cs1. The summed E-state index contributed by atoms with van der Waals surface area (Å²) in [6, 6.07) is 8.28. The van der Waals surface area contributed by atoms with E-state index in [0.717, 1.165) is 22.1 Å². The van der Waals surface area contributed by atoms with Crippen LogP contribution in [0.15, 0.2) is 42.3 Å². The zero-order valence-corrected chi connectivity index (χ0v) is 12.1. The van der Waals surface area contributed by atoms with Gasteiger partial charge < -0.3 is 5.32 Å². The van der Waals surface area contributed by atoms with Crippen molar-refractivity contribution >= 4 is 17.0 Å². The highest BCUT2D eigenvalue weighted by Gasteiger charge is 2.08. The van der Waals surface area contributed by atoms with Gasteiger partial charge in [0.05, 0.1) is 22.4 Å². The first kappa shape index (κ1) is 12.8. The molecule has 0 spiro atoms. The highest BCUT2D eigenvalue weighted by molar-refractivity contribution is 7.09. The molecule has 0 aliphatic rings. The maximum Gasteiger partial charge on any atom is 0.138 e. The Balaban J connectivity index is 1.72. The van der Waals surface area contributed by atoms with Crippen molar-refractivity contribution in [1.82, 2.24) is 19.7 Å². The van der Waals surface area contributed by atoms with Crippen LogP contribution in [0.3, 0.4) is 0 Å². The van der Waals surface area contributed by atoms with Crippen LogP contribution in [0.25, 0.3) is 5.69 Å². The van der Waals surface area contributed by atoms with Crippen molar-refractivity contribution in [3.63, 3.8) is 0 Å². The molecule has 0 radical (unpaired) electrons. The quantitative estimate of drug-likeness (QED) is 0.799. The maximum atomic E-state index is 4.50. The monoisotopic (exact) mass is 285 g/mol. The molecule has 0 amide bonds. The largest absolute Gasteiger partial charge is 0.377 e. The molecule has 0 aliphatic heterocycles. The van der Waals surface area contributed by atoms with Crippen LogP contribution in [0.1, 0.15) is 23.7 Å². The Morgan fingerprint density at radius 3 is 2.65 bits per heavy atom. The zero-order chi connectivity index (χ0) is 13.9. The van der Waals surface area contributed by atoms with Gasteiger partial charge in [0.1, 0.15) is 12.7 Å². The van der Waals surface area contributed by atoms with Gasteiger partial charge in [-0.15, -0.1) is 11.3 Å². The molecule has 5 nitrogen and oxygen atoms in total. The normalized spacial score (nSPS) is 12.3. The third-order valence-electron chi connectivity index (χ3n) is 3.01. The second-order valence-electron chi connectivity index (χ2n) is 4.54. The molecule has 1 atom stereocenters. The van der Waals surface area contributed by atoms with Gasteiger partial charge in [-0.25, -0.2) is 14.6 Å². The number of aromatic nitrogens is 4. The molecule has 2 heterocycles. The third-order valence-corrected chi connectivity index (χ3v) is 3.81. The summed E-state index contributed by atoms with van der Waals surface area (Å²) in [6.45, 7) is 4.13. The second kappa shape index (κ2) is 5.42. The molecule has 3 rings (SSSR count). The van der Waals surface area contributed by atoms with Gasteiger partial charge in [-0.1, -0.05) is 0 Å². The number of rotatable bonds is 4. The van der Waals surface area contributed by atoms with E-state index in [9.17, 15) is 0 Å². The topological polar surface area (TPSA) is 55.6 Å². The zero-order valence-electron chi connectivity index (χ0n) is 11.3. The fourth-order valence-corrected chi connectivity index (χ4v) is 2.66. The van der Waals surface area contributed by atoms with Crippen molar-refractivity contribution in [3.05, 3.63) is 53.0 Å². The molecular weight excluding hydrogens is 270 g/mol. The van der Waals surface area contributed by atoms with Crippen LogP contribution in [0.4, 0.5) is 5.69 Å². The minimum atomic E-state index is 0.192. The first-order valence-corrected chi connectivity index (χ1v) is 7.24. The summed E-state index contributed by atoms with van der Waals surface area (Å²) >= 11 is 1.67. The van der Waals surface area contributed by atoms with E-state index in [2.05, 4.69) is 32.7 Å². The Morgan fingerprint density at radius 1 is 1.25 bits per heavy atom. The highest BCUT2D eigenvalue weighted by Crippen LogP contribution is 2.21. The lowest BCUT2D eigenvalue weighted by molar-refractivity contribution is 0.844. The molecule has 0 aliphatic carbocycles. The lowest BCUT2D eigenvalue weighted by atomic mass is 10.2. The molecule has 1 N–H and O–H groups in total. The number of anilines is 1. The van der Waals surface area contributed by atoms with Gasteiger partial charge in [0.15, 0.2) is 0 Å². The second-order valence-corrected chi connectivity index (χ2v) is 5.61. The average molecular weight is 285 g/mol. The molecule has 102 valence electrons. The molecular formula is C14H15N5S. The van der Waals surface area contributed by atoms with Crippen LogP contribution in [0.5, 0.6) is 0 Å². The summed E-state index contributed by atoms with van der Waals surface area (Å²) in [5.41, 5.74) is 3.13. The smallest absolute Gasteiger partial charge is 0.138 e. The summed E-state index contributed by atoms with van der Waals surface area (Å²) in [4.78, 5) is 8.44. The van der Waals surface area contributed by atoms with Crippen molar-refractivity contribution in [2.45, 2.75) is 19.9 Å². The van der Waals surface area contributed by atoms with E-state index in [-0.39, 0.29) is 6.04 Å². The van der Waals surface area contributed by atoms with Gasteiger partial charge in [-0.2, -0.15) is 5.10 Å². The summed E-state index contributed by atoms with van der Waals surface area (Å²) in [5.74, 6) is 0. The minimum absolute atomic E-state index is 0.192. The van der Waals surface area contributed by atoms with E-state index in [0.29, 0.717) is 0 Å². The minimum Gasteiger partial charge on any atom is -0.377 e. The number of hydrogen-bond donors (Lipinski definition) is 1. The summed E-state index contributed by atoms with van der Waals surface area (Å²) < 4.78 is 1.73. The van der Waals surface area contributed by atoms with Gasteiger partial charge in [-0.3, -0.25) is 0 Å². The molecule has 3 aromatic rings. The first-order chi connectivity index (χ1) is 9.72. The number of aryl methyl sites for hydroxylation is 1. The highest BCUT2D eigenvalue weighted by atomic mass is 32.1. The molecule has 6 heteroatoms. The number of benzene rings is 1. The predicted molar refractivity (Wildman–Crippen MR) is 80.2 cm³/mol. The fourth-order valence-electron chi connectivity index (χ4n) is 1.95. The third kappa shape index (κ3) is 2.70. The van der Waals surface area contributed by atoms with Crippen LogP contribution in [0, 0.1) is 6.92 Å². The van der Waals surface area contributed by atoms with Crippen LogP contribution >= 0.6 is 11.3 Å². The van der Waals surface area contributed by atoms with Gasteiger partial charge in [0.25, 0.3) is 0 Å². The Hall–Kier alpha value is -2.21. The number of nitrogens with one attached hydrogen (secondary N) is 1. The lowest BCUT2D eigenvalue weighted by Gasteiger charge is -2.13. The molecule has 20 heavy (non-hydrogen) atoms. The predicted octanol–water partition coefficient (Wildman–Crippen LogP) is 3.21. The average Bonchev–Trinajstić information content (AvgIpc) is 3.10. The Morgan fingerprint density at radius 2 is 2.05 bits per heavy atom. The standard InChI is InChI=1S/C14H15N5S/c1-10(14-7-20-11(2)18-14)17-12-3-5-13(6-4-12)19-9-15-8-16-19/h3-10,17H,1-2H3. The van der Waals surface area contributed by atoms with Gasteiger partial charge in [-0.05, 0) is 38.1 Å². The van der Waals surface area contributed by atoms with Crippen molar-refractivity contribution in [1.29, 1.82) is 0 Å². The van der Waals surface area contributed by atoms with E-state index in [1.165, 1.54) is 6.33 Å². The first-order valence-electron chi connectivity index (χ1n) is 6.36. The number of thiazole rings is 1. The molecule has 1 aromatic carbocycles. The summed E-state index contributed by atoms with van der Waals surface area (Å²) in [5, 5.41) is 10.7. The molecule has 0 bridgehead atoms. The fraction of sp³-hybridized carbons (Fsp3) is 0.214. The lowest BCUT2D eigenvalue weighted by Crippen LogP contribution is -2.07. The van der Waals surface area contributed by atoms with Gasteiger partial charge >= 0.3 is 0 Å². The van der Waals surface area contributed by atoms with E-state index in [1.54, 1.807) is 22.3 Å². The number of hydrogen-bond acceptors (Lipinski definition) is 5. The van der Waals surface area contributed by atoms with Crippen molar-refractivity contribution < 1.29 is 0 Å². The Labute approximate surface area is 121 Å². The van der Waals surface area contributed by atoms with Crippen molar-refractivity contribution in [2.75, 3.05) is 5.32 Å². The molecule has 0 fully saturated rings. The van der Waals surface area contributed by atoms with Crippen molar-refractivity contribution in [2.24, 2.45) is 0 Å². The molecule has 2 aromatic heterocycles. The number of nitrogens with zero attached hydrogens (tertiary/aromatic N) is 4. The van der Waals surface area contributed by atoms with Gasteiger partial charge in [0, 0.05) is 11.1 Å². The van der Waals surface area contributed by atoms with E-state index < -0.39 is 0 Å². The summed E-state index contributed by atoms with van der Waals surface area (Å²) in [7, 11) is 0. The molecule has 0 saturated carbocycles. The van der Waals surface area contributed by atoms with Crippen LogP contribution in [-0.4, -0.2) is 19.7 Å². The Kier molecular flexibility index (Phi) is 3.47.